The lowest BCUT2D eigenvalue weighted by atomic mass is 9.87. The summed E-state index contributed by atoms with van der Waals surface area (Å²) < 4.78 is 40.3. The number of ether oxygens (including phenoxy) is 2. The van der Waals surface area contributed by atoms with Crippen molar-refractivity contribution in [3.63, 3.8) is 0 Å². The van der Waals surface area contributed by atoms with Crippen LogP contribution >= 0.6 is 0 Å². The van der Waals surface area contributed by atoms with Crippen LogP contribution in [-0.2, 0) is 15.6 Å². The minimum Gasteiger partial charge on any atom is -0.489 e. The van der Waals surface area contributed by atoms with Gasteiger partial charge < -0.3 is 14.8 Å². The maximum absolute atomic E-state index is 14.3. The number of nitrogens with one attached hydrogen (secondary N) is 1. The van der Waals surface area contributed by atoms with Gasteiger partial charge in [-0.25, -0.2) is 8.78 Å². The highest BCUT2D eigenvalue weighted by Gasteiger charge is 2.44. The average Bonchev–Trinajstić information content (AvgIpc) is 3.57. The van der Waals surface area contributed by atoms with Gasteiger partial charge in [0.05, 0.1) is 12.7 Å². The zero-order chi connectivity index (χ0) is 26.1. The SMILES string of the molecule is CC(C)(C)c1cc(F)cc(NCC2CC2C2CN(CCOc3cc(C(C)(C)C)ccc3F)CCO2)c1. The van der Waals surface area contributed by atoms with Gasteiger partial charge in [-0.05, 0) is 70.5 Å². The molecule has 1 heterocycles. The minimum atomic E-state index is -0.316. The van der Waals surface area contributed by atoms with E-state index in [2.05, 4.69) is 57.8 Å². The summed E-state index contributed by atoms with van der Waals surface area (Å²) in [5.74, 6) is 0.854. The Balaban J connectivity index is 1.23. The molecule has 0 radical (unpaired) electrons. The normalized spacial score (nSPS) is 22.9. The zero-order valence-corrected chi connectivity index (χ0v) is 22.7. The summed E-state index contributed by atoms with van der Waals surface area (Å²) in [4.78, 5) is 2.35. The smallest absolute Gasteiger partial charge is 0.165 e. The second-order valence-electron chi connectivity index (χ2n) is 12.5. The Morgan fingerprint density at radius 2 is 1.75 bits per heavy atom. The largest absolute Gasteiger partial charge is 0.489 e. The molecular formula is C30H42F2N2O2. The molecule has 1 aliphatic heterocycles. The Morgan fingerprint density at radius 1 is 1.00 bits per heavy atom. The van der Waals surface area contributed by atoms with Crippen molar-refractivity contribution in [2.24, 2.45) is 11.8 Å². The van der Waals surface area contributed by atoms with Gasteiger partial charge in [0, 0.05) is 31.9 Å². The van der Waals surface area contributed by atoms with Crippen LogP contribution in [0.5, 0.6) is 5.75 Å². The van der Waals surface area contributed by atoms with Crippen molar-refractivity contribution in [2.75, 3.05) is 44.7 Å². The fourth-order valence-corrected chi connectivity index (χ4v) is 4.89. The Morgan fingerprint density at radius 3 is 2.47 bits per heavy atom. The molecule has 2 aromatic carbocycles. The van der Waals surface area contributed by atoms with Gasteiger partial charge >= 0.3 is 0 Å². The molecule has 0 amide bonds. The number of nitrogens with zero attached hydrogens (tertiary/aromatic N) is 1. The van der Waals surface area contributed by atoms with Crippen LogP contribution in [0.3, 0.4) is 0 Å². The van der Waals surface area contributed by atoms with Crippen LogP contribution in [0.1, 0.15) is 59.1 Å². The van der Waals surface area contributed by atoms with E-state index in [0.29, 0.717) is 30.8 Å². The van der Waals surface area contributed by atoms with Crippen LogP contribution in [0.15, 0.2) is 36.4 Å². The number of morpholine rings is 1. The summed E-state index contributed by atoms with van der Waals surface area (Å²) in [5, 5.41) is 3.45. The van der Waals surface area contributed by atoms with Crippen LogP contribution in [-0.4, -0.2) is 50.4 Å². The summed E-state index contributed by atoms with van der Waals surface area (Å²) >= 11 is 0. The third-order valence-electron chi connectivity index (χ3n) is 7.43. The van der Waals surface area contributed by atoms with E-state index in [0.717, 1.165) is 49.4 Å². The number of rotatable bonds is 8. The van der Waals surface area contributed by atoms with Crippen molar-refractivity contribution in [1.82, 2.24) is 4.90 Å². The topological polar surface area (TPSA) is 33.7 Å². The molecular weight excluding hydrogens is 458 g/mol. The lowest BCUT2D eigenvalue weighted by molar-refractivity contribution is -0.0439. The molecule has 0 aromatic heterocycles. The third-order valence-corrected chi connectivity index (χ3v) is 7.43. The predicted octanol–water partition coefficient (Wildman–Crippen LogP) is 6.39. The molecule has 198 valence electrons. The molecule has 1 saturated heterocycles. The van der Waals surface area contributed by atoms with Gasteiger partial charge in [0.2, 0.25) is 0 Å². The van der Waals surface area contributed by atoms with E-state index in [-0.39, 0.29) is 28.6 Å². The van der Waals surface area contributed by atoms with Gasteiger partial charge in [0.25, 0.3) is 0 Å². The summed E-state index contributed by atoms with van der Waals surface area (Å²) in [7, 11) is 0. The van der Waals surface area contributed by atoms with Crippen molar-refractivity contribution < 1.29 is 18.3 Å². The Bertz CT molecular complexity index is 1040. The molecule has 1 saturated carbocycles. The molecule has 4 rings (SSSR count). The number of benzene rings is 2. The summed E-state index contributed by atoms with van der Waals surface area (Å²) in [6.45, 7) is 17.1. The molecule has 3 atom stereocenters. The number of anilines is 1. The average molecular weight is 501 g/mol. The van der Waals surface area contributed by atoms with E-state index in [4.69, 9.17) is 9.47 Å². The molecule has 2 aliphatic rings. The maximum Gasteiger partial charge on any atom is 0.165 e. The number of hydrogen-bond acceptors (Lipinski definition) is 4. The van der Waals surface area contributed by atoms with Crippen molar-refractivity contribution in [3.8, 4) is 5.75 Å². The lowest BCUT2D eigenvalue weighted by Crippen LogP contribution is -2.45. The van der Waals surface area contributed by atoms with Crippen molar-refractivity contribution in [2.45, 2.75) is 64.9 Å². The molecule has 1 aliphatic carbocycles. The van der Waals surface area contributed by atoms with Crippen LogP contribution < -0.4 is 10.1 Å². The Hall–Kier alpha value is -2.18. The highest BCUT2D eigenvalue weighted by atomic mass is 19.1. The van der Waals surface area contributed by atoms with Crippen LogP contribution in [0.2, 0.25) is 0 Å². The summed E-state index contributed by atoms with van der Waals surface area (Å²) in [6, 6.07) is 10.4. The fraction of sp³-hybridized carbons (Fsp3) is 0.600. The summed E-state index contributed by atoms with van der Waals surface area (Å²) in [6.07, 6.45) is 1.32. The predicted molar refractivity (Wildman–Crippen MR) is 142 cm³/mol. The van der Waals surface area contributed by atoms with Gasteiger partial charge in [-0.2, -0.15) is 0 Å². The van der Waals surface area contributed by atoms with E-state index in [9.17, 15) is 8.78 Å². The van der Waals surface area contributed by atoms with E-state index in [1.165, 1.54) is 6.07 Å². The molecule has 1 N–H and O–H groups in total. The molecule has 2 aromatic rings. The Kier molecular flexibility index (Phi) is 7.96. The molecule has 36 heavy (non-hydrogen) atoms. The van der Waals surface area contributed by atoms with E-state index >= 15 is 0 Å². The fourth-order valence-electron chi connectivity index (χ4n) is 4.89. The first-order valence-electron chi connectivity index (χ1n) is 13.2. The lowest BCUT2D eigenvalue weighted by Gasteiger charge is -2.33. The van der Waals surface area contributed by atoms with Gasteiger partial charge in [0.1, 0.15) is 12.4 Å². The standard InChI is InChI=1S/C30H42F2N2O2/c1-29(2,3)21-7-8-26(32)27(16-21)35-11-9-34-10-12-36-28(19-34)25-13-20(25)18-33-24-15-22(30(4,5)6)14-23(31)17-24/h7-8,14-17,20,25,28,33H,9-13,18-19H2,1-6H3. The quantitative estimate of drug-likeness (QED) is 0.456. The van der Waals surface area contributed by atoms with Crippen molar-refractivity contribution in [3.05, 3.63) is 59.2 Å². The third kappa shape index (κ3) is 6.98. The molecule has 6 heteroatoms. The first-order chi connectivity index (χ1) is 16.9. The molecule has 3 unspecified atom stereocenters. The Labute approximate surface area is 215 Å². The number of hydrogen-bond donors (Lipinski definition) is 1. The second kappa shape index (κ2) is 10.7. The second-order valence-corrected chi connectivity index (χ2v) is 12.5. The minimum absolute atomic E-state index is 0.0531. The molecule has 0 spiro atoms. The van der Waals surface area contributed by atoms with Crippen molar-refractivity contribution in [1.29, 1.82) is 0 Å². The molecule has 2 fully saturated rings. The molecule has 0 bridgehead atoms. The first kappa shape index (κ1) is 26.9. The van der Waals surface area contributed by atoms with Crippen LogP contribution in [0.4, 0.5) is 14.5 Å². The van der Waals surface area contributed by atoms with E-state index in [1.807, 2.05) is 12.1 Å². The monoisotopic (exact) mass is 500 g/mol. The van der Waals surface area contributed by atoms with Crippen LogP contribution in [0, 0.1) is 23.5 Å². The van der Waals surface area contributed by atoms with E-state index < -0.39 is 0 Å². The van der Waals surface area contributed by atoms with E-state index in [1.54, 1.807) is 12.1 Å². The summed E-state index contributed by atoms with van der Waals surface area (Å²) in [5.41, 5.74) is 2.76. The molecule has 4 nitrogen and oxygen atoms in total. The van der Waals surface area contributed by atoms with Gasteiger partial charge in [-0.3, -0.25) is 4.90 Å². The van der Waals surface area contributed by atoms with Crippen molar-refractivity contribution >= 4 is 5.69 Å². The van der Waals surface area contributed by atoms with Gasteiger partial charge in [0.15, 0.2) is 11.6 Å². The highest BCUT2D eigenvalue weighted by molar-refractivity contribution is 5.48. The van der Waals surface area contributed by atoms with Gasteiger partial charge in [-0.15, -0.1) is 0 Å². The zero-order valence-electron chi connectivity index (χ0n) is 22.7. The van der Waals surface area contributed by atoms with Crippen LogP contribution in [0.25, 0.3) is 0 Å². The van der Waals surface area contributed by atoms with Gasteiger partial charge in [-0.1, -0.05) is 47.6 Å². The first-order valence-corrected chi connectivity index (χ1v) is 13.2. The number of halogens is 2. The highest BCUT2D eigenvalue weighted by Crippen LogP contribution is 2.43. The maximum atomic E-state index is 14.3.